The van der Waals surface area contributed by atoms with E-state index >= 15 is 0 Å². The molecule has 7 nitrogen and oxygen atoms in total. The van der Waals surface area contributed by atoms with Crippen LogP contribution in [0.2, 0.25) is 0 Å². The Morgan fingerprint density at radius 1 is 1.32 bits per heavy atom. The number of nitrogens with zero attached hydrogens (tertiary/aromatic N) is 2. The number of thiophene rings is 1. The van der Waals surface area contributed by atoms with Gasteiger partial charge in [0.2, 0.25) is 11.8 Å². The van der Waals surface area contributed by atoms with Gasteiger partial charge in [-0.15, -0.1) is 16.4 Å². The fourth-order valence-corrected chi connectivity index (χ4v) is 4.54. The van der Waals surface area contributed by atoms with E-state index in [0.717, 1.165) is 26.2 Å². The lowest BCUT2D eigenvalue weighted by Crippen LogP contribution is -2.21. The summed E-state index contributed by atoms with van der Waals surface area (Å²) < 4.78 is 17.2. The summed E-state index contributed by atoms with van der Waals surface area (Å²) in [6.45, 7) is 0. The molecule has 3 N–H and O–H groups in total. The quantitative estimate of drug-likeness (QED) is 0.608. The molecule has 1 aromatic carbocycles. The van der Waals surface area contributed by atoms with E-state index in [0.29, 0.717) is 23.0 Å². The predicted octanol–water partition coefficient (Wildman–Crippen LogP) is 4.14. The molecule has 142 valence electrons. The van der Waals surface area contributed by atoms with Crippen molar-refractivity contribution in [3.63, 3.8) is 0 Å². The predicted molar refractivity (Wildman–Crippen MR) is 108 cm³/mol. The summed E-state index contributed by atoms with van der Waals surface area (Å²) in [6.07, 6.45) is 0. The Morgan fingerprint density at radius 3 is 2.71 bits per heavy atom. The number of halogens is 1. The topological polar surface area (TPSA) is 106 Å². The van der Waals surface area contributed by atoms with E-state index in [1.165, 1.54) is 0 Å². The van der Waals surface area contributed by atoms with Gasteiger partial charge in [0.05, 0.1) is 36.3 Å². The third kappa shape index (κ3) is 2.82. The third-order valence-electron chi connectivity index (χ3n) is 4.52. The molecular weight excluding hydrogens is 444 g/mol. The van der Waals surface area contributed by atoms with Crippen LogP contribution in [0.1, 0.15) is 17.0 Å². The second-order valence-corrected chi connectivity index (χ2v) is 7.75. The van der Waals surface area contributed by atoms with E-state index in [4.69, 9.17) is 19.9 Å². The highest BCUT2D eigenvalue weighted by Gasteiger charge is 2.37. The standard InChI is InChI=1S/C19H15BrN4O3S/c1-25-12-6-9(11(20)7-13(12)26-2)15-10(8-21)18(22)27-19-16(15)17(23-24-19)14-4-3-5-28-14/h3-7,15H,22H2,1-2H3,(H,23,24)/t15-/m1/s1. The van der Waals surface area contributed by atoms with Crippen LogP contribution in [-0.4, -0.2) is 24.4 Å². The first-order valence-electron chi connectivity index (χ1n) is 8.20. The van der Waals surface area contributed by atoms with E-state index in [1.807, 2.05) is 23.6 Å². The van der Waals surface area contributed by atoms with E-state index in [2.05, 4.69) is 32.2 Å². The monoisotopic (exact) mass is 458 g/mol. The first-order chi connectivity index (χ1) is 13.6. The summed E-state index contributed by atoms with van der Waals surface area (Å²) in [7, 11) is 3.13. The van der Waals surface area contributed by atoms with E-state index in [9.17, 15) is 5.26 Å². The maximum atomic E-state index is 9.83. The van der Waals surface area contributed by atoms with Crippen molar-refractivity contribution in [2.24, 2.45) is 5.73 Å². The number of nitrogens with two attached hydrogens (primary N) is 1. The molecule has 3 aromatic rings. The van der Waals surface area contributed by atoms with Crippen LogP contribution in [0.5, 0.6) is 17.4 Å². The number of H-pyrrole nitrogens is 1. The van der Waals surface area contributed by atoms with E-state index in [1.54, 1.807) is 31.6 Å². The molecule has 0 amide bonds. The highest BCUT2D eigenvalue weighted by atomic mass is 79.9. The molecule has 3 heterocycles. The Kier molecular flexibility index (Phi) is 4.75. The van der Waals surface area contributed by atoms with Crippen molar-refractivity contribution in [1.82, 2.24) is 10.2 Å². The summed E-state index contributed by atoms with van der Waals surface area (Å²) in [5.74, 6) is 1.02. The van der Waals surface area contributed by atoms with Gasteiger partial charge >= 0.3 is 0 Å². The smallest absolute Gasteiger partial charge is 0.244 e. The zero-order valence-electron chi connectivity index (χ0n) is 14.9. The van der Waals surface area contributed by atoms with Gasteiger partial charge in [-0.05, 0) is 29.1 Å². The van der Waals surface area contributed by atoms with Gasteiger partial charge in [-0.1, -0.05) is 22.0 Å². The summed E-state index contributed by atoms with van der Waals surface area (Å²) in [4.78, 5) is 0.983. The van der Waals surface area contributed by atoms with Crippen molar-refractivity contribution in [3.8, 4) is 34.0 Å². The number of fused-ring (bicyclic) bond motifs is 1. The number of hydrogen-bond donors (Lipinski definition) is 2. The number of aromatic nitrogens is 2. The molecule has 4 rings (SSSR count). The molecule has 2 aromatic heterocycles. The lowest BCUT2D eigenvalue weighted by molar-refractivity contribution is 0.353. The second-order valence-electron chi connectivity index (χ2n) is 5.95. The van der Waals surface area contributed by atoms with Crippen LogP contribution in [0.25, 0.3) is 10.6 Å². The molecule has 9 heteroatoms. The SMILES string of the molecule is COc1cc(Br)c([C@@H]2C(C#N)=C(N)Oc3n[nH]c(-c4cccs4)c32)cc1OC. The third-order valence-corrected chi connectivity index (χ3v) is 6.09. The molecule has 0 radical (unpaired) electrons. The number of methoxy groups -OCH3 is 2. The van der Waals surface area contributed by atoms with Gasteiger partial charge in [0.25, 0.3) is 0 Å². The number of allylic oxidation sites excluding steroid dienone is 1. The molecule has 0 fully saturated rings. The van der Waals surface area contributed by atoms with Crippen LogP contribution in [-0.2, 0) is 0 Å². The van der Waals surface area contributed by atoms with Crippen LogP contribution in [0.4, 0.5) is 0 Å². The number of nitrogens with one attached hydrogen (secondary N) is 1. The van der Waals surface area contributed by atoms with Crippen molar-refractivity contribution in [3.05, 3.63) is 56.7 Å². The van der Waals surface area contributed by atoms with Crippen LogP contribution < -0.4 is 19.9 Å². The molecular formula is C19H15BrN4O3S. The number of rotatable bonds is 4. The minimum Gasteiger partial charge on any atom is -0.493 e. The molecule has 1 atom stereocenters. The van der Waals surface area contributed by atoms with Gasteiger partial charge in [0.15, 0.2) is 11.5 Å². The second kappa shape index (κ2) is 7.22. The Hall–Kier alpha value is -2.96. The molecule has 0 bridgehead atoms. The zero-order valence-corrected chi connectivity index (χ0v) is 17.3. The Bertz CT molecular complexity index is 1120. The van der Waals surface area contributed by atoms with Crippen LogP contribution >= 0.6 is 27.3 Å². The summed E-state index contributed by atoms with van der Waals surface area (Å²) in [5.41, 5.74) is 8.69. The largest absolute Gasteiger partial charge is 0.493 e. The molecule has 1 aliphatic rings. The number of hydrogen-bond acceptors (Lipinski definition) is 7. The van der Waals surface area contributed by atoms with Crippen molar-refractivity contribution in [2.75, 3.05) is 14.2 Å². The van der Waals surface area contributed by atoms with Gasteiger partial charge < -0.3 is 19.9 Å². The summed E-state index contributed by atoms with van der Waals surface area (Å²) in [6, 6.07) is 9.77. The molecule has 0 aliphatic carbocycles. The average Bonchev–Trinajstić information content (AvgIpc) is 3.36. The molecule has 0 spiro atoms. The first-order valence-corrected chi connectivity index (χ1v) is 9.87. The van der Waals surface area contributed by atoms with Crippen LogP contribution in [0, 0.1) is 11.3 Å². The summed E-state index contributed by atoms with van der Waals surface area (Å²) >= 11 is 5.16. The highest BCUT2D eigenvalue weighted by molar-refractivity contribution is 9.10. The number of aromatic amines is 1. The van der Waals surface area contributed by atoms with E-state index in [-0.39, 0.29) is 5.88 Å². The van der Waals surface area contributed by atoms with Crippen LogP contribution in [0.15, 0.2) is 45.6 Å². The lowest BCUT2D eigenvalue weighted by atomic mass is 9.83. The fraction of sp³-hybridized carbons (Fsp3) is 0.158. The van der Waals surface area contributed by atoms with E-state index < -0.39 is 5.92 Å². The molecule has 0 unspecified atom stereocenters. The average molecular weight is 459 g/mol. The molecule has 28 heavy (non-hydrogen) atoms. The number of nitriles is 1. The van der Waals surface area contributed by atoms with Gasteiger partial charge in [0.1, 0.15) is 11.6 Å². The summed E-state index contributed by atoms with van der Waals surface area (Å²) in [5, 5.41) is 19.1. The highest BCUT2D eigenvalue weighted by Crippen LogP contribution is 2.49. The lowest BCUT2D eigenvalue weighted by Gasteiger charge is -2.25. The minimum atomic E-state index is -0.487. The van der Waals surface area contributed by atoms with Gasteiger partial charge in [-0.25, -0.2) is 0 Å². The first kappa shape index (κ1) is 18.4. The number of ether oxygens (including phenoxy) is 3. The Morgan fingerprint density at radius 2 is 2.07 bits per heavy atom. The van der Waals surface area contributed by atoms with Crippen molar-refractivity contribution < 1.29 is 14.2 Å². The van der Waals surface area contributed by atoms with Gasteiger partial charge in [0, 0.05) is 4.47 Å². The Balaban J connectivity index is 1.99. The van der Waals surface area contributed by atoms with Crippen molar-refractivity contribution in [2.45, 2.75) is 5.92 Å². The maximum Gasteiger partial charge on any atom is 0.244 e. The normalized spacial score (nSPS) is 15.6. The van der Waals surface area contributed by atoms with Crippen molar-refractivity contribution in [1.29, 1.82) is 5.26 Å². The molecule has 0 saturated carbocycles. The number of benzene rings is 1. The zero-order chi connectivity index (χ0) is 19.8. The van der Waals surface area contributed by atoms with Crippen LogP contribution in [0.3, 0.4) is 0 Å². The fourth-order valence-electron chi connectivity index (χ4n) is 3.26. The van der Waals surface area contributed by atoms with Crippen molar-refractivity contribution >= 4 is 27.3 Å². The minimum absolute atomic E-state index is 0.0333. The van der Waals surface area contributed by atoms with Gasteiger partial charge in [-0.3, -0.25) is 5.10 Å². The van der Waals surface area contributed by atoms with Gasteiger partial charge in [-0.2, -0.15) is 5.26 Å². The maximum absolute atomic E-state index is 9.83. The molecule has 0 saturated heterocycles. The Labute approximate surface area is 173 Å². The molecule has 1 aliphatic heterocycles.